The zero-order valence-electron chi connectivity index (χ0n) is 13.0. The minimum absolute atomic E-state index is 0.128. The molecule has 21 heavy (non-hydrogen) atoms. The Labute approximate surface area is 131 Å². The van der Waals surface area contributed by atoms with Crippen molar-refractivity contribution in [2.45, 2.75) is 64.8 Å². The average Bonchev–Trinajstić information content (AvgIpc) is 2.59. The molecule has 0 atom stereocenters. The molecule has 1 aliphatic rings. The molecule has 3 N–H and O–H groups in total. The standard InChI is InChI=1S/C16H24N2O2S/c1-10-11(2)20-12(3)13(10)14(19)18-16(15(17)21)8-6-4-5-7-9-16/h4-9H2,1-3H3,(H2,17,21)(H,18,19). The zero-order chi connectivity index (χ0) is 15.6. The minimum Gasteiger partial charge on any atom is -0.466 e. The van der Waals surface area contributed by atoms with Crippen LogP contribution in [0.4, 0.5) is 0 Å². The lowest BCUT2D eigenvalue weighted by Crippen LogP contribution is -2.56. The molecule has 0 bridgehead atoms. The van der Waals surface area contributed by atoms with E-state index in [1.54, 1.807) is 0 Å². The van der Waals surface area contributed by atoms with Gasteiger partial charge in [0.1, 0.15) is 11.5 Å². The number of hydrogen-bond donors (Lipinski definition) is 2. The third-order valence-corrected chi connectivity index (χ3v) is 4.96. The summed E-state index contributed by atoms with van der Waals surface area (Å²) in [5.41, 5.74) is 6.93. The van der Waals surface area contributed by atoms with Crippen LogP contribution >= 0.6 is 12.2 Å². The highest BCUT2D eigenvalue weighted by molar-refractivity contribution is 7.80. The number of carbonyl (C=O) groups excluding carboxylic acids is 1. The van der Waals surface area contributed by atoms with Crippen LogP contribution in [0.2, 0.25) is 0 Å². The van der Waals surface area contributed by atoms with Crippen LogP contribution < -0.4 is 11.1 Å². The first-order chi connectivity index (χ1) is 9.87. The van der Waals surface area contributed by atoms with E-state index in [-0.39, 0.29) is 5.91 Å². The molecule has 2 rings (SSSR count). The number of carbonyl (C=O) groups is 1. The van der Waals surface area contributed by atoms with Crippen LogP contribution in [0.3, 0.4) is 0 Å². The second-order valence-electron chi connectivity index (χ2n) is 6.03. The molecule has 1 fully saturated rings. The van der Waals surface area contributed by atoms with Crippen LogP contribution in [0.1, 0.15) is 66.0 Å². The SMILES string of the molecule is Cc1oc(C)c(C(=O)NC2(C(N)=S)CCCCCC2)c1C. The largest absolute Gasteiger partial charge is 0.466 e. The van der Waals surface area contributed by atoms with Gasteiger partial charge in [-0.2, -0.15) is 0 Å². The fourth-order valence-electron chi connectivity index (χ4n) is 3.17. The molecule has 0 aliphatic heterocycles. The van der Waals surface area contributed by atoms with Gasteiger partial charge >= 0.3 is 0 Å². The maximum atomic E-state index is 12.7. The maximum Gasteiger partial charge on any atom is 0.255 e. The third-order valence-electron chi connectivity index (χ3n) is 4.57. The van der Waals surface area contributed by atoms with Gasteiger partial charge in [0, 0.05) is 5.56 Å². The summed E-state index contributed by atoms with van der Waals surface area (Å²) in [5, 5.41) is 3.12. The summed E-state index contributed by atoms with van der Waals surface area (Å²) in [5.74, 6) is 1.30. The molecule has 1 aliphatic carbocycles. The molecule has 0 saturated heterocycles. The Balaban J connectivity index is 2.28. The van der Waals surface area contributed by atoms with Crippen LogP contribution in [-0.2, 0) is 0 Å². The number of nitrogens with two attached hydrogens (primary N) is 1. The quantitative estimate of drug-likeness (QED) is 0.664. The number of nitrogens with one attached hydrogen (secondary N) is 1. The summed E-state index contributed by atoms with van der Waals surface area (Å²) in [6.07, 6.45) is 6.07. The second kappa shape index (κ2) is 6.18. The summed E-state index contributed by atoms with van der Waals surface area (Å²) in [4.78, 5) is 13.1. The van der Waals surface area contributed by atoms with Crippen LogP contribution in [-0.4, -0.2) is 16.4 Å². The van der Waals surface area contributed by atoms with Crippen molar-refractivity contribution >= 4 is 23.1 Å². The molecule has 4 nitrogen and oxygen atoms in total. The molecule has 5 heteroatoms. The van der Waals surface area contributed by atoms with Crippen molar-refractivity contribution in [2.75, 3.05) is 0 Å². The molecule has 0 unspecified atom stereocenters. The van der Waals surface area contributed by atoms with Crippen molar-refractivity contribution in [2.24, 2.45) is 5.73 Å². The van der Waals surface area contributed by atoms with Crippen molar-refractivity contribution in [3.63, 3.8) is 0 Å². The molecular weight excluding hydrogens is 284 g/mol. The Bertz CT molecular complexity index is 555. The molecule has 1 heterocycles. The van der Waals surface area contributed by atoms with E-state index in [2.05, 4.69) is 5.32 Å². The number of rotatable bonds is 3. The Hall–Kier alpha value is -1.36. The fraction of sp³-hybridized carbons (Fsp3) is 0.625. The van der Waals surface area contributed by atoms with Gasteiger partial charge in [-0.1, -0.05) is 37.9 Å². The van der Waals surface area contributed by atoms with Gasteiger partial charge in [0.05, 0.1) is 16.1 Å². The molecule has 116 valence electrons. The van der Waals surface area contributed by atoms with E-state index in [0.717, 1.165) is 37.0 Å². The highest BCUT2D eigenvalue weighted by atomic mass is 32.1. The highest BCUT2D eigenvalue weighted by Gasteiger charge is 2.36. The predicted molar refractivity (Wildman–Crippen MR) is 87.6 cm³/mol. The Morgan fingerprint density at radius 3 is 2.14 bits per heavy atom. The van der Waals surface area contributed by atoms with E-state index >= 15 is 0 Å². The zero-order valence-corrected chi connectivity index (χ0v) is 13.9. The molecular formula is C16H24N2O2S. The Morgan fingerprint density at radius 2 is 1.71 bits per heavy atom. The number of thiocarbonyl (C=S) groups is 1. The van der Waals surface area contributed by atoms with E-state index < -0.39 is 5.54 Å². The van der Waals surface area contributed by atoms with Gasteiger partial charge < -0.3 is 15.5 Å². The summed E-state index contributed by atoms with van der Waals surface area (Å²) in [6.45, 7) is 5.59. The summed E-state index contributed by atoms with van der Waals surface area (Å²) < 4.78 is 5.55. The lowest BCUT2D eigenvalue weighted by Gasteiger charge is -2.33. The first-order valence-electron chi connectivity index (χ1n) is 7.56. The van der Waals surface area contributed by atoms with Crippen molar-refractivity contribution in [1.82, 2.24) is 5.32 Å². The molecule has 1 aromatic rings. The Kier molecular flexibility index (Phi) is 4.71. The van der Waals surface area contributed by atoms with E-state index in [0.29, 0.717) is 16.3 Å². The maximum absolute atomic E-state index is 12.7. The number of amides is 1. The van der Waals surface area contributed by atoms with Gasteiger partial charge in [-0.05, 0) is 33.6 Å². The lowest BCUT2D eigenvalue weighted by atomic mass is 9.89. The first-order valence-corrected chi connectivity index (χ1v) is 7.97. The van der Waals surface area contributed by atoms with Crippen LogP contribution in [0.5, 0.6) is 0 Å². The number of aryl methyl sites for hydroxylation is 2. The molecule has 1 aromatic heterocycles. The van der Waals surface area contributed by atoms with Gasteiger partial charge in [0.2, 0.25) is 0 Å². The van der Waals surface area contributed by atoms with Gasteiger partial charge in [0.25, 0.3) is 5.91 Å². The van der Waals surface area contributed by atoms with Crippen LogP contribution in [0, 0.1) is 20.8 Å². The van der Waals surface area contributed by atoms with Crippen molar-refractivity contribution in [1.29, 1.82) is 0 Å². The number of hydrogen-bond acceptors (Lipinski definition) is 3. The normalized spacial score (nSPS) is 18.0. The van der Waals surface area contributed by atoms with Gasteiger partial charge in [0.15, 0.2) is 0 Å². The van der Waals surface area contributed by atoms with E-state index in [1.165, 1.54) is 12.8 Å². The van der Waals surface area contributed by atoms with Gasteiger partial charge in [-0.25, -0.2) is 0 Å². The highest BCUT2D eigenvalue weighted by Crippen LogP contribution is 2.29. The van der Waals surface area contributed by atoms with Crippen LogP contribution in [0.25, 0.3) is 0 Å². The Morgan fingerprint density at radius 1 is 1.14 bits per heavy atom. The smallest absolute Gasteiger partial charge is 0.255 e. The molecule has 1 amide bonds. The molecule has 1 saturated carbocycles. The van der Waals surface area contributed by atoms with Gasteiger partial charge in [-0.3, -0.25) is 4.79 Å². The van der Waals surface area contributed by atoms with Gasteiger partial charge in [-0.15, -0.1) is 0 Å². The fourth-order valence-corrected chi connectivity index (χ4v) is 3.43. The second-order valence-corrected chi connectivity index (χ2v) is 6.47. The van der Waals surface area contributed by atoms with E-state index in [4.69, 9.17) is 22.4 Å². The number of furan rings is 1. The summed E-state index contributed by atoms with van der Waals surface area (Å²) in [7, 11) is 0. The monoisotopic (exact) mass is 308 g/mol. The van der Waals surface area contributed by atoms with Crippen LogP contribution in [0.15, 0.2) is 4.42 Å². The topological polar surface area (TPSA) is 68.3 Å². The van der Waals surface area contributed by atoms with E-state index in [1.807, 2.05) is 20.8 Å². The average molecular weight is 308 g/mol. The summed E-state index contributed by atoms with van der Waals surface area (Å²) in [6, 6.07) is 0. The predicted octanol–water partition coefficient (Wildman–Crippen LogP) is 3.31. The first kappa shape index (κ1) is 16.0. The summed E-state index contributed by atoms with van der Waals surface area (Å²) >= 11 is 5.27. The third kappa shape index (κ3) is 3.12. The molecule has 0 radical (unpaired) electrons. The van der Waals surface area contributed by atoms with Crippen molar-refractivity contribution in [3.05, 3.63) is 22.6 Å². The molecule has 0 spiro atoms. The lowest BCUT2D eigenvalue weighted by molar-refractivity contribution is 0.0915. The minimum atomic E-state index is -0.549. The van der Waals surface area contributed by atoms with Crippen molar-refractivity contribution in [3.8, 4) is 0 Å². The van der Waals surface area contributed by atoms with Crippen molar-refractivity contribution < 1.29 is 9.21 Å². The molecule has 0 aromatic carbocycles. The van der Waals surface area contributed by atoms with E-state index in [9.17, 15) is 4.79 Å².